The molecule has 0 spiro atoms. The van der Waals surface area contributed by atoms with Gasteiger partial charge in [-0.05, 0) is 22.0 Å². The maximum absolute atomic E-state index is 5.53. The first-order chi connectivity index (χ1) is 8.81. The monoisotopic (exact) mass is 297 g/mol. The lowest BCUT2D eigenvalue weighted by atomic mass is 10.0. The second-order valence-corrected chi connectivity index (χ2v) is 4.63. The summed E-state index contributed by atoms with van der Waals surface area (Å²) in [6.07, 6.45) is 8.92. The van der Waals surface area contributed by atoms with Crippen LogP contribution in [0.4, 0.5) is 0 Å². The molecule has 3 rings (SSSR count). The second-order valence-electron chi connectivity index (χ2n) is 3.77. The summed E-state index contributed by atoms with van der Waals surface area (Å²) in [5.74, 6) is 2.68. The number of nitrogens with zero attached hydrogens (tertiary/aromatic N) is 2. The highest BCUT2D eigenvalue weighted by Gasteiger charge is 2.12. The minimum Gasteiger partial charge on any atom is -0.345 e. The summed E-state index contributed by atoms with van der Waals surface area (Å²) in [5, 5.41) is 0.945. The van der Waals surface area contributed by atoms with Crippen LogP contribution in [0.5, 0.6) is 0 Å². The van der Waals surface area contributed by atoms with Crippen molar-refractivity contribution in [2.75, 3.05) is 0 Å². The SMILES string of the molecule is C#Cc1ccccc1-c1ncnc2[nH]cc(Br)c12. The van der Waals surface area contributed by atoms with Gasteiger partial charge < -0.3 is 4.98 Å². The molecule has 0 radical (unpaired) electrons. The fourth-order valence-electron chi connectivity index (χ4n) is 1.94. The molecule has 0 amide bonds. The van der Waals surface area contributed by atoms with Gasteiger partial charge in [-0.25, -0.2) is 9.97 Å². The van der Waals surface area contributed by atoms with Crippen LogP contribution in [-0.4, -0.2) is 15.0 Å². The Morgan fingerprint density at radius 2 is 2.06 bits per heavy atom. The molecule has 0 aliphatic heterocycles. The first-order valence-electron chi connectivity index (χ1n) is 5.35. The maximum atomic E-state index is 5.53. The summed E-state index contributed by atoms with van der Waals surface area (Å²) in [7, 11) is 0. The van der Waals surface area contributed by atoms with E-state index in [1.807, 2.05) is 30.5 Å². The van der Waals surface area contributed by atoms with E-state index in [9.17, 15) is 0 Å². The number of aromatic nitrogens is 3. The number of fused-ring (bicyclic) bond motifs is 1. The molecule has 0 atom stereocenters. The van der Waals surface area contributed by atoms with Crippen LogP contribution in [0.1, 0.15) is 5.56 Å². The average Bonchev–Trinajstić information content (AvgIpc) is 2.81. The van der Waals surface area contributed by atoms with Crippen molar-refractivity contribution in [1.82, 2.24) is 15.0 Å². The van der Waals surface area contributed by atoms with E-state index in [4.69, 9.17) is 6.42 Å². The van der Waals surface area contributed by atoms with Crippen LogP contribution in [-0.2, 0) is 0 Å². The maximum Gasteiger partial charge on any atom is 0.142 e. The molecule has 0 aliphatic carbocycles. The molecule has 4 heteroatoms. The van der Waals surface area contributed by atoms with Crippen molar-refractivity contribution in [1.29, 1.82) is 0 Å². The summed E-state index contributed by atoms with van der Waals surface area (Å²) in [6, 6.07) is 7.74. The third kappa shape index (κ3) is 1.60. The first kappa shape index (κ1) is 11.0. The quantitative estimate of drug-likeness (QED) is 0.700. The molecular weight excluding hydrogens is 290 g/mol. The van der Waals surface area contributed by atoms with Gasteiger partial charge in [0.2, 0.25) is 0 Å². The summed E-state index contributed by atoms with van der Waals surface area (Å²) in [5.41, 5.74) is 3.39. The lowest BCUT2D eigenvalue weighted by Gasteiger charge is -2.05. The highest BCUT2D eigenvalue weighted by atomic mass is 79.9. The minimum atomic E-state index is 0.790. The number of rotatable bonds is 1. The fourth-order valence-corrected chi connectivity index (χ4v) is 2.43. The van der Waals surface area contributed by atoms with E-state index < -0.39 is 0 Å². The molecule has 0 fully saturated rings. The molecule has 0 bridgehead atoms. The summed E-state index contributed by atoms with van der Waals surface area (Å²) in [6.45, 7) is 0. The van der Waals surface area contributed by atoms with Gasteiger partial charge in [-0.1, -0.05) is 24.1 Å². The van der Waals surface area contributed by atoms with Crippen LogP contribution < -0.4 is 0 Å². The van der Waals surface area contributed by atoms with E-state index in [0.29, 0.717) is 0 Å². The Kier molecular flexibility index (Phi) is 2.62. The van der Waals surface area contributed by atoms with E-state index in [1.165, 1.54) is 6.33 Å². The summed E-state index contributed by atoms with van der Waals surface area (Å²) >= 11 is 3.50. The van der Waals surface area contributed by atoms with Crippen LogP contribution in [0, 0.1) is 12.3 Å². The van der Waals surface area contributed by atoms with Gasteiger partial charge in [0.15, 0.2) is 0 Å². The van der Waals surface area contributed by atoms with E-state index in [-0.39, 0.29) is 0 Å². The van der Waals surface area contributed by atoms with Crippen molar-refractivity contribution in [2.45, 2.75) is 0 Å². The van der Waals surface area contributed by atoms with Crippen molar-refractivity contribution in [2.24, 2.45) is 0 Å². The van der Waals surface area contributed by atoms with Gasteiger partial charge in [-0.3, -0.25) is 0 Å². The summed E-state index contributed by atoms with van der Waals surface area (Å²) in [4.78, 5) is 11.6. The normalized spacial score (nSPS) is 10.4. The zero-order valence-electron chi connectivity index (χ0n) is 9.31. The van der Waals surface area contributed by atoms with Crippen LogP contribution in [0.15, 0.2) is 41.3 Å². The molecule has 3 nitrogen and oxygen atoms in total. The second kappa shape index (κ2) is 4.28. The summed E-state index contributed by atoms with van der Waals surface area (Å²) < 4.78 is 0.930. The van der Waals surface area contributed by atoms with Gasteiger partial charge in [0.05, 0.1) is 11.1 Å². The van der Waals surface area contributed by atoms with Gasteiger partial charge in [-0.15, -0.1) is 6.42 Å². The number of hydrogen-bond donors (Lipinski definition) is 1. The Morgan fingerprint density at radius 1 is 1.22 bits per heavy atom. The Labute approximate surface area is 112 Å². The smallest absolute Gasteiger partial charge is 0.142 e. The molecule has 86 valence electrons. The van der Waals surface area contributed by atoms with E-state index >= 15 is 0 Å². The zero-order chi connectivity index (χ0) is 12.5. The van der Waals surface area contributed by atoms with Gasteiger partial charge in [0, 0.05) is 21.8 Å². The topological polar surface area (TPSA) is 41.6 Å². The molecule has 0 unspecified atom stereocenters. The lowest BCUT2D eigenvalue weighted by molar-refractivity contribution is 1.20. The molecule has 3 aromatic rings. The van der Waals surface area contributed by atoms with Crippen LogP contribution in [0.2, 0.25) is 0 Å². The number of aromatic amines is 1. The third-order valence-electron chi connectivity index (χ3n) is 2.76. The highest BCUT2D eigenvalue weighted by molar-refractivity contribution is 9.10. The standard InChI is InChI=1S/C14H8BrN3/c1-2-9-5-3-4-6-10(9)13-12-11(15)7-16-14(12)18-8-17-13/h1,3-8H,(H,16,17,18). The molecule has 2 aromatic heterocycles. The number of H-pyrrole nitrogens is 1. The number of terminal acetylenes is 1. The molecular formula is C14H8BrN3. The molecule has 1 aromatic carbocycles. The van der Waals surface area contributed by atoms with Gasteiger partial charge >= 0.3 is 0 Å². The molecule has 0 saturated carbocycles. The number of nitrogens with one attached hydrogen (secondary N) is 1. The first-order valence-corrected chi connectivity index (χ1v) is 6.14. The van der Waals surface area contributed by atoms with E-state index in [2.05, 4.69) is 36.8 Å². The lowest BCUT2D eigenvalue weighted by Crippen LogP contribution is -1.90. The number of benzene rings is 1. The molecule has 18 heavy (non-hydrogen) atoms. The third-order valence-corrected chi connectivity index (χ3v) is 3.38. The minimum absolute atomic E-state index is 0.790. The largest absolute Gasteiger partial charge is 0.345 e. The van der Waals surface area contributed by atoms with E-state index in [1.54, 1.807) is 0 Å². The van der Waals surface area contributed by atoms with Crippen molar-refractivity contribution in [3.8, 4) is 23.6 Å². The predicted molar refractivity (Wildman–Crippen MR) is 75.0 cm³/mol. The van der Waals surface area contributed by atoms with Crippen LogP contribution >= 0.6 is 15.9 Å². The Balaban J connectivity index is 2.39. The highest BCUT2D eigenvalue weighted by Crippen LogP contribution is 2.32. The molecule has 0 aliphatic rings. The van der Waals surface area contributed by atoms with Crippen molar-refractivity contribution >= 4 is 27.0 Å². The Morgan fingerprint density at radius 3 is 2.89 bits per heavy atom. The van der Waals surface area contributed by atoms with Crippen LogP contribution in [0.25, 0.3) is 22.3 Å². The van der Waals surface area contributed by atoms with Crippen LogP contribution in [0.3, 0.4) is 0 Å². The van der Waals surface area contributed by atoms with Crippen molar-refractivity contribution in [3.63, 3.8) is 0 Å². The van der Waals surface area contributed by atoms with E-state index in [0.717, 1.165) is 32.3 Å². The van der Waals surface area contributed by atoms with Gasteiger partial charge in [0.1, 0.15) is 12.0 Å². The van der Waals surface area contributed by atoms with Crippen molar-refractivity contribution in [3.05, 3.63) is 46.8 Å². The van der Waals surface area contributed by atoms with Gasteiger partial charge in [0.25, 0.3) is 0 Å². The Bertz CT molecular complexity index is 768. The average molecular weight is 298 g/mol. The van der Waals surface area contributed by atoms with Gasteiger partial charge in [-0.2, -0.15) is 0 Å². The molecule has 2 heterocycles. The molecule has 1 N–H and O–H groups in total. The number of halogens is 1. The fraction of sp³-hybridized carbons (Fsp3) is 0. The molecule has 0 saturated heterocycles. The predicted octanol–water partition coefficient (Wildman–Crippen LogP) is 3.37. The zero-order valence-corrected chi connectivity index (χ0v) is 10.9. The van der Waals surface area contributed by atoms with Crippen molar-refractivity contribution < 1.29 is 0 Å². The number of hydrogen-bond acceptors (Lipinski definition) is 2. The Hall–Kier alpha value is -2.12.